The van der Waals surface area contributed by atoms with Gasteiger partial charge in [-0.3, -0.25) is 0 Å². The summed E-state index contributed by atoms with van der Waals surface area (Å²) in [6.07, 6.45) is 3.91. The van der Waals surface area contributed by atoms with Gasteiger partial charge in [0.1, 0.15) is 5.75 Å². The number of hydrogen-bond donors (Lipinski definition) is 4. The first kappa shape index (κ1) is 18.3. The lowest BCUT2D eigenvalue weighted by Crippen LogP contribution is -2.29. The quantitative estimate of drug-likeness (QED) is 0.453. The number of carbonyl (C=O) groups is 2. The van der Waals surface area contributed by atoms with Crippen LogP contribution < -0.4 is 10.6 Å². The molecule has 0 heterocycles. The van der Waals surface area contributed by atoms with E-state index in [1.165, 1.54) is 0 Å². The number of anilines is 1. The van der Waals surface area contributed by atoms with E-state index in [1.54, 1.807) is 43.3 Å². The van der Waals surface area contributed by atoms with Crippen molar-refractivity contribution in [2.24, 2.45) is 0 Å². The SMILES string of the molecule is C/C(=C\CCCCNC(=O)Nc1cccc2c(O)cccc12)C(=O)O. The highest BCUT2D eigenvalue weighted by Crippen LogP contribution is 2.29. The molecule has 2 aromatic rings. The van der Waals surface area contributed by atoms with Crippen molar-refractivity contribution in [3.05, 3.63) is 48.0 Å². The zero-order chi connectivity index (χ0) is 18.2. The average Bonchev–Trinajstić information content (AvgIpc) is 2.58. The summed E-state index contributed by atoms with van der Waals surface area (Å²) in [4.78, 5) is 22.6. The molecule has 0 aromatic heterocycles. The van der Waals surface area contributed by atoms with Crippen molar-refractivity contribution in [2.75, 3.05) is 11.9 Å². The molecule has 0 saturated carbocycles. The Morgan fingerprint density at radius 2 is 1.80 bits per heavy atom. The van der Waals surface area contributed by atoms with Gasteiger partial charge in [0.15, 0.2) is 0 Å². The van der Waals surface area contributed by atoms with E-state index in [0.29, 0.717) is 29.6 Å². The number of amides is 2. The van der Waals surface area contributed by atoms with Crippen LogP contribution in [-0.4, -0.2) is 28.8 Å². The number of rotatable bonds is 7. The Balaban J connectivity index is 1.81. The number of nitrogens with one attached hydrogen (secondary N) is 2. The van der Waals surface area contributed by atoms with E-state index in [-0.39, 0.29) is 11.8 Å². The normalized spacial score (nSPS) is 11.3. The second-order valence-electron chi connectivity index (χ2n) is 5.75. The first-order valence-corrected chi connectivity index (χ1v) is 8.14. The minimum absolute atomic E-state index is 0.172. The summed E-state index contributed by atoms with van der Waals surface area (Å²) in [7, 11) is 0. The van der Waals surface area contributed by atoms with E-state index < -0.39 is 5.97 Å². The first-order valence-electron chi connectivity index (χ1n) is 8.14. The van der Waals surface area contributed by atoms with Crippen LogP contribution in [0.15, 0.2) is 48.0 Å². The van der Waals surface area contributed by atoms with Crippen LogP contribution in [0.4, 0.5) is 10.5 Å². The Labute approximate surface area is 146 Å². The third-order valence-electron chi connectivity index (χ3n) is 3.85. The molecular weight excluding hydrogens is 320 g/mol. The van der Waals surface area contributed by atoms with Gasteiger partial charge in [-0.15, -0.1) is 0 Å². The number of aromatic hydroxyl groups is 1. The van der Waals surface area contributed by atoms with Gasteiger partial charge in [-0.05, 0) is 38.3 Å². The molecule has 25 heavy (non-hydrogen) atoms. The molecule has 0 aliphatic carbocycles. The fourth-order valence-corrected chi connectivity index (χ4v) is 2.45. The van der Waals surface area contributed by atoms with Gasteiger partial charge in [-0.2, -0.15) is 0 Å². The zero-order valence-electron chi connectivity index (χ0n) is 14.1. The zero-order valence-corrected chi connectivity index (χ0v) is 14.1. The van der Waals surface area contributed by atoms with Crippen molar-refractivity contribution in [1.29, 1.82) is 0 Å². The number of urea groups is 1. The number of phenolic OH excluding ortho intramolecular Hbond substituents is 1. The second-order valence-corrected chi connectivity index (χ2v) is 5.75. The van der Waals surface area contributed by atoms with Crippen molar-refractivity contribution in [2.45, 2.75) is 26.2 Å². The largest absolute Gasteiger partial charge is 0.507 e. The van der Waals surface area contributed by atoms with Gasteiger partial charge in [0, 0.05) is 22.9 Å². The summed E-state index contributed by atoms with van der Waals surface area (Å²) in [5.41, 5.74) is 0.968. The Morgan fingerprint density at radius 1 is 1.08 bits per heavy atom. The molecule has 0 spiro atoms. The lowest BCUT2D eigenvalue weighted by atomic mass is 10.1. The predicted molar refractivity (Wildman–Crippen MR) is 97.9 cm³/mol. The van der Waals surface area contributed by atoms with Gasteiger partial charge in [0.25, 0.3) is 0 Å². The van der Waals surface area contributed by atoms with E-state index in [0.717, 1.165) is 18.2 Å². The number of aliphatic carboxylic acids is 1. The predicted octanol–water partition coefficient (Wildman–Crippen LogP) is 3.87. The van der Waals surface area contributed by atoms with Crippen molar-refractivity contribution in [1.82, 2.24) is 5.32 Å². The Morgan fingerprint density at radius 3 is 2.56 bits per heavy atom. The number of allylic oxidation sites excluding steroid dienone is 1. The molecule has 4 N–H and O–H groups in total. The second kappa shape index (κ2) is 8.73. The van der Waals surface area contributed by atoms with Crippen LogP contribution in [0.25, 0.3) is 10.8 Å². The van der Waals surface area contributed by atoms with Crippen LogP contribution in [0.3, 0.4) is 0 Å². The Kier molecular flexibility index (Phi) is 6.39. The maximum Gasteiger partial charge on any atom is 0.330 e. The summed E-state index contributed by atoms with van der Waals surface area (Å²) >= 11 is 0. The molecule has 2 aromatic carbocycles. The number of carboxylic acid groups (broad SMARTS) is 1. The van der Waals surface area contributed by atoms with Crippen LogP contribution in [0, 0.1) is 0 Å². The van der Waals surface area contributed by atoms with E-state index in [4.69, 9.17) is 5.11 Å². The molecule has 6 nitrogen and oxygen atoms in total. The van der Waals surface area contributed by atoms with Crippen LogP contribution >= 0.6 is 0 Å². The molecule has 0 fully saturated rings. The smallest absolute Gasteiger partial charge is 0.330 e. The van der Waals surface area contributed by atoms with E-state index in [9.17, 15) is 14.7 Å². The fourth-order valence-electron chi connectivity index (χ4n) is 2.45. The molecule has 2 amide bonds. The first-order chi connectivity index (χ1) is 12.0. The number of hydrogen-bond acceptors (Lipinski definition) is 3. The van der Waals surface area contributed by atoms with Crippen molar-refractivity contribution in [3.63, 3.8) is 0 Å². The number of carbonyl (C=O) groups excluding carboxylic acids is 1. The van der Waals surface area contributed by atoms with Gasteiger partial charge in [-0.25, -0.2) is 9.59 Å². The van der Waals surface area contributed by atoms with Crippen LogP contribution in [0.2, 0.25) is 0 Å². The highest BCUT2D eigenvalue weighted by atomic mass is 16.4. The molecule has 0 radical (unpaired) electrons. The number of unbranched alkanes of at least 4 members (excludes halogenated alkanes) is 2. The maximum absolute atomic E-state index is 12.0. The third kappa shape index (κ3) is 5.24. The van der Waals surface area contributed by atoms with E-state index in [1.807, 2.05) is 6.07 Å². The highest BCUT2D eigenvalue weighted by Gasteiger charge is 2.07. The molecule has 6 heteroatoms. The minimum Gasteiger partial charge on any atom is -0.507 e. The summed E-state index contributed by atoms with van der Waals surface area (Å²) in [6, 6.07) is 10.2. The fraction of sp³-hybridized carbons (Fsp3) is 0.263. The summed E-state index contributed by atoms with van der Waals surface area (Å²) in [5, 5.41) is 25.6. The standard InChI is InChI=1S/C19H22N2O4/c1-13(18(23)24)7-3-2-4-12-20-19(25)21-16-10-5-9-15-14(16)8-6-11-17(15)22/h5-11,22H,2-4,12H2,1H3,(H,23,24)(H2,20,21,25)/b13-7+. The molecule has 132 valence electrons. The number of carboxylic acids is 1. The Bertz CT molecular complexity index is 799. The van der Waals surface area contributed by atoms with E-state index >= 15 is 0 Å². The molecule has 0 unspecified atom stereocenters. The van der Waals surface area contributed by atoms with Crippen LogP contribution in [0.1, 0.15) is 26.2 Å². The molecular formula is C19H22N2O4. The number of fused-ring (bicyclic) bond motifs is 1. The lowest BCUT2D eigenvalue weighted by molar-refractivity contribution is -0.132. The van der Waals surface area contributed by atoms with Crippen molar-refractivity contribution < 1.29 is 19.8 Å². The van der Waals surface area contributed by atoms with Gasteiger partial charge < -0.3 is 20.8 Å². The molecule has 0 atom stereocenters. The molecule has 2 rings (SSSR count). The maximum atomic E-state index is 12.0. The minimum atomic E-state index is -0.904. The lowest BCUT2D eigenvalue weighted by Gasteiger charge is -2.10. The highest BCUT2D eigenvalue weighted by molar-refractivity contribution is 6.03. The average molecular weight is 342 g/mol. The molecule has 0 aliphatic rings. The monoisotopic (exact) mass is 342 g/mol. The van der Waals surface area contributed by atoms with Crippen molar-refractivity contribution in [3.8, 4) is 5.75 Å². The van der Waals surface area contributed by atoms with Gasteiger partial charge in [0.05, 0.1) is 5.69 Å². The molecule has 0 aliphatic heterocycles. The van der Waals surface area contributed by atoms with Gasteiger partial charge >= 0.3 is 12.0 Å². The van der Waals surface area contributed by atoms with Crippen LogP contribution in [-0.2, 0) is 4.79 Å². The van der Waals surface area contributed by atoms with Crippen LogP contribution in [0.5, 0.6) is 5.75 Å². The van der Waals surface area contributed by atoms with Gasteiger partial charge in [-0.1, -0.05) is 30.3 Å². The summed E-state index contributed by atoms with van der Waals surface area (Å²) < 4.78 is 0. The summed E-state index contributed by atoms with van der Waals surface area (Å²) in [5.74, 6) is -0.732. The number of phenols is 1. The van der Waals surface area contributed by atoms with E-state index in [2.05, 4.69) is 10.6 Å². The third-order valence-corrected chi connectivity index (χ3v) is 3.85. The van der Waals surface area contributed by atoms with Gasteiger partial charge in [0.2, 0.25) is 0 Å². The molecule has 0 bridgehead atoms. The Hall–Kier alpha value is -3.02. The molecule has 0 saturated heterocycles. The number of benzene rings is 2. The topological polar surface area (TPSA) is 98.7 Å². The summed E-state index contributed by atoms with van der Waals surface area (Å²) in [6.45, 7) is 2.07. The van der Waals surface area contributed by atoms with Crippen molar-refractivity contribution >= 4 is 28.5 Å².